The molecule has 4 nitrogen and oxygen atoms in total. The van der Waals surface area contributed by atoms with E-state index >= 15 is 0 Å². The molecule has 0 saturated heterocycles. The number of nitrogens with one attached hydrogen (secondary N) is 1. The topological polar surface area (TPSA) is 67.6 Å². The van der Waals surface area contributed by atoms with E-state index < -0.39 is 0 Å². The van der Waals surface area contributed by atoms with Gasteiger partial charge in [-0.05, 0) is 74.1 Å². The molecule has 0 amide bonds. The number of aromatic nitrogens is 3. The molecule has 1 aliphatic rings. The van der Waals surface area contributed by atoms with Gasteiger partial charge in [0, 0.05) is 27.5 Å². The maximum atomic E-state index is 5.91. The second-order valence-electron chi connectivity index (χ2n) is 7.73. The fraction of sp³-hybridized carbons (Fsp3) is 0.217. The zero-order chi connectivity index (χ0) is 18.8. The van der Waals surface area contributed by atoms with Gasteiger partial charge in [-0.25, -0.2) is 9.97 Å². The molecule has 0 unspecified atom stereocenters. The van der Waals surface area contributed by atoms with Gasteiger partial charge in [0.15, 0.2) is 5.13 Å². The summed E-state index contributed by atoms with van der Waals surface area (Å²) in [5.41, 5.74) is 15.6. The number of nitrogens with two attached hydrogens (primary N) is 1. The second-order valence-corrected chi connectivity index (χ2v) is 8.79. The number of H-pyrrole nitrogens is 1. The van der Waals surface area contributed by atoms with Crippen molar-refractivity contribution in [3.05, 3.63) is 53.2 Å². The minimum absolute atomic E-state index is 0.617. The van der Waals surface area contributed by atoms with Gasteiger partial charge >= 0.3 is 0 Å². The van der Waals surface area contributed by atoms with Gasteiger partial charge in [-0.3, -0.25) is 0 Å². The summed E-state index contributed by atoms with van der Waals surface area (Å²) in [5, 5.41) is 3.26. The van der Waals surface area contributed by atoms with Crippen molar-refractivity contribution in [3.63, 3.8) is 0 Å². The van der Waals surface area contributed by atoms with Crippen LogP contribution in [0.15, 0.2) is 36.4 Å². The maximum Gasteiger partial charge on any atom is 0.181 e. The Morgan fingerprint density at radius 3 is 2.68 bits per heavy atom. The molecule has 1 aliphatic carbocycles. The summed E-state index contributed by atoms with van der Waals surface area (Å²) >= 11 is 1.54. The average molecular weight is 385 g/mol. The van der Waals surface area contributed by atoms with Crippen molar-refractivity contribution in [1.29, 1.82) is 0 Å². The number of benzene rings is 2. The molecule has 2 aromatic carbocycles. The van der Waals surface area contributed by atoms with E-state index in [0.717, 1.165) is 34.3 Å². The Labute approximate surface area is 166 Å². The van der Waals surface area contributed by atoms with Crippen LogP contribution in [-0.2, 0) is 12.8 Å². The Balaban J connectivity index is 1.69. The zero-order valence-corrected chi connectivity index (χ0v) is 16.5. The van der Waals surface area contributed by atoms with Crippen LogP contribution in [0.4, 0.5) is 5.13 Å². The van der Waals surface area contributed by atoms with Gasteiger partial charge in [-0.2, -0.15) is 0 Å². The maximum absolute atomic E-state index is 5.91. The molecule has 28 heavy (non-hydrogen) atoms. The first-order chi connectivity index (χ1) is 13.7. The normalized spacial score (nSPS) is 14.2. The predicted octanol–water partition coefficient (Wildman–Crippen LogP) is 5.76. The largest absolute Gasteiger partial charge is 0.375 e. The monoisotopic (exact) mass is 384 g/mol. The van der Waals surface area contributed by atoms with Crippen LogP contribution in [0.1, 0.15) is 29.7 Å². The lowest BCUT2D eigenvalue weighted by atomic mass is 9.85. The quantitative estimate of drug-likeness (QED) is 0.386. The molecule has 3 N–H and O–H groups in total. The van der Waals surface area contributed by atoms with E-state index in [0.29, 0.717) is 5.13 Å². The highest BCUT2D eigenvalue weighted by Crippen LogP contribution is 2.39. The van der Waals surface area contributed by atoms with Crippen LogP contribution < -0.4 is 5.73 Å². The molecule has 0 aliphatic heterocycles. The number of nitrogen functional groups attached to an aromatic ring is 1. The number of aryl methyl sites for hydroxylation is 2. The number of fused-ring (bicyclic) bond motifs is 6. The van der Waals surface area contributed by atoms with Crippen LogP contribution in [0.5, 0.6) is 0 Å². The van der Waals surface area contributed by atoms with Crippen LogP contribution in [0, 0.1) is 6.92 Å². The van der Waals surface area contributed by atoms with Crippen molar-refractivity contribution in [2.24, 2.45) is 0 Å². The Bertz CT molecular complexity index is 1390. The lowest BCUT2D eigenvalue weighted by molar-refractivity contribution is 0.689. The predicted molar refractivity (Wildman–Crippen MR) is 118 cm³/mol. The highest BCUT2D eigenvalue weighted by molar-refractivity contribution is 7.22. The highest BCUT2D eigenvalue weighted by Gasteiger charge is 2.21. The molecule has 5 aromatic rings. The van der Waals surface area contributed by atoms with E-state index in [1.54, 1.807) is 11.3 Å². The van der Waals surface area contributed by atoms with Crippen LogP contribution >= 0.6 is 11.3 Å². The summed E-state index contributed by atoms with van der Waals surface area (Å²) in [6.07, 6.45) is 4.69. The van der Waals surface area contributed by atoms with E-state index in [1.165, 1.54) is 51.5 Å². The van der Waals surface area contributed by atoms with Gasteiger partial charge in [0.05, 0.1) is 21.4 Å². The molecule has 0 fully saturated rings. The van der Waals surface area contributed by atoms with Crippen molar-refractivity contribution >= 4 is 48.5 Å². The van der Waals surface area contributed by atoms with E-state index in [2.05, 4.69) is 53.3 Å². The zero-order valence-electron chi connectivity index (χ0n) is 15.7. The first-order valence-electron chi connectivity index (χ1n) is 9.77. The number of rotatable bonds is 1. The summed E-state index contributed by atoms with van der Waals surface area (Å²) in [6, 6.07) is 13.0. The number of thiazole rings is 1. The minimum Gasteiger partial charge on any atom is -0.375 e. The third kappa shape index (κ3) is 2.29. The first-order valence-corrected chi connectivity index (χ1v) is 10.6. The molecule has 3 heterocycles. The molecule has 5 heteroatoms. The van der Waals surface area contributed by atoms with E-state index in [4.69, 9.17) is 10.7 Å². The lowest BCUT2D eigenvalue weighted by Crippen LogP contribution is -2.07. The lowest BCUT2D eigenvalue weighted by Gasteiger charge is -2.22. The number of pyridine rings is 1. The highest BCUT2D eigenvalue weighted by atomic mass is 32.1. The third-order valence-corrected chi connectivity index (χ3v) is 6.73. The van der Waals surface area contributed by atoms with Gasteiger partial charge in [0.1, 0.15) is 0 Å². The van der Waals surface area contributed by atoms with E-state index in [-0.39, 0.29) is 0 Å². The van der Waals surface area contributed by atoms with E-state index in [9.17, 15) is 0 Å². The molecule has 0 bridgehead atoms. The van der Waals surface area contributed by atoms with Crippen molar-refractivity contribution in [2.75, 3.05) is 5.73 Å². The number of hydrogen-bond acceptors (Lipinski definition) is 4. The SMILES string of the molecule is Cc1cc2c(ccc3nc(-c4ccc5nc(N)sc5c4)c4c(c32)CCCC4)[nH]1. The van der Waals surface area contributed by atoms with Gasteiger partial charge in [-0.15, -0.1) is 0 Å². The van der Waals surface area contributed by atoms with Gasteiger partial charge in [-0.1, -0.05) is 17.4 Å². The smallest absolute Gasteiger partial charge is 0.181 e. The Kier molecular flexibility index (Phi) is 3.32. The standard InChI is InChI=1S/C23H20N4S/c1-12-10-16-17(25-12)8-9-19-21(16)14-4-2-3-5-15(14)22(26-19)13-6-7-18-20(11-13)28-23(24)27-18/h6-11,25H,2-5H2,1H3,(H2,24,27). The first kappa shape index (κ1) is 16.1. The number of hydrogen-bond donors (Lipinski definition) is 2. The average Bonchev–Trinajstić information content (AvgIpc) is 3.26. The molecule has 138 valence electrons. The van der Waals surface area contributed by atoms with Crippen LogP contribution in [0.3, 0.4) is 0 Å². The van der Waals surface area contributed by atoms with Crippen LogP contribution in [-0.4, -0.2) is 15.0 Å². The summed E-state index contributed by atoms with van der Waals surface area (Å²) < 4.78 is 1.12. The van der Waals surface area contributed by atoms with Gasteiger partial charge in [0.2, 0.25) is 0 Å². The Hall–Kier alpha value is -2.92. The van der Waals surface area contributed by atoms with Crippen molar-refractivity contribution in [2.45, 2.75) is 32.6 Å². The van der Waals surface area contributed by atoms with Crippen molar-refractivity contribution < 1.29 is 0 Å². The summed E-state index contributed by atoms with van der Waals surface area (Å²) in [4.78, 5) is 13.0. The summed E-state index contributed by atoms with van der Waals surface area (Å²) in [6.45, 7) is 2.12. The molecule has 0 atom stereocenters. The second kappa shape index (κ2) is 5.79. The number of nitrogens with zero attached hydrogens (tertiary/aromatic N) is 2. The molecule has 0 spiro atoms. The molecule has 6 rings (SSSR count). The summed E-state index contributed by atoms with van der Waals surface area (Å²) in [7, 11) is 0. The third-order valence-electron chi connectivity index (χ3n) is 5.88. The molecular formula is C23H20N4S. The minimum atomic E-state index is 0.617. The molecule has 0 radical (unpaired) electrons. The number of anilines is 1. The molecular weight excluding hydrogens is 364 g/mol. The van der Waals surface area contributed by atoms with Crippen LogP contribution in [0.2, 0.25) is 0 Å². The Morgan fingerprint density at radius 2 is 1.79 bits per heavy atom. The van der Waals surface area contributed by atoms with Gasteiger partial charge in [0.25, 0.3) is 0 Å². The Morgan fingerprint density at radius 1 is 0.964 bits per heavy atom. The van der Waals surface area contributed by atoms with E-state index in [1.807, 2.05) is 0 Å². The molecule has 3 aromatic heterocycles. The number of aromatic amines is 1. The molecule has 0 saturated carbocycles. The van der Waals surface area contributed by atoms with Crippen molar-refractivity contribution in [1.82, 2.24) is 15.0 Å². The van der Waals surface area contributed by atoms with Crippen LogP contribution in [0.25, 0.3) is 43.3 Å². The summed E-state index contributed by atoms with van der Waals surface area (Å²) in [5.74, 6) is 0. The fourth-order valence-electron chi connectivity index (χ4n) is 4.70. The van der Waals surface area contributed by atoms with Crippen molar-refractivity contribution in [3.8, 4) is 11.3 Å². The fourth-order valence-corrected chi connectivity index (χ4v) is 5.47. The van der Waals surface area contributed by atoms with Gasteiger partial charge < -0.3 is 10.7 Å².